The Morgan fingerprint density at radius 2 is 1.73 bits per heavy atom. The third-order valence-electron chi connectivity index (χ3n) is 1.25. The van der Waals surface area contributed by atoms with Crippen LogP contribution in [0.5, 0.6) is 0 Å². The van der Waals surface area contributed by atoms with Gasteiger partial charge in [-0.1, -0.05) is 0 Å². The molecule has 1 N–H and O–H groups in total. The molecule has 0 saturated heterocycles. The maximum atomic E-state index is 11.0. The van der Waals surface area contributed by atoms with E-state index in [2.05, 4.69) is 30.0 Å². The number of carboxylic acid groups (broad SMARTS) is 1. The van der Waals surface area contributed by atoms with Gasteiger partial charge < -0.3 is 9.84 Å². The molecule has 0 aliphatic carbocycles. The van der Waals surface area contributed by atoms with Gasteiger partial charge in [0.05, 0.1) is 23.3 Å². The number of aliphatic carboxylic acids is 1. The fraction of sp³-hybridized carbons (Fsp3) is 0.625. The zero-order valence-electron chi connectivity index (χ0n) is 8.10. The van der Waals surface area contributed by atoms with Crippen molar-refractivity contribution < 1.29 is 24.2 Å². The van der Waals surface area contributed by atoms with Crippen molar-refractivity contribution in [3.63, 3.8) is 0 Å². The van der Waals surface area contributed by atoms with Crippen molar-refractivity contribution in [2.75, 3.05) is 0 Å². The fourth-order valence-corrected chi connectivity index (χ4v) is 0.955. The Balaban J connectivity index is 3.87. The van der Waals surface area contributed by atoms with E-state index in [-0.39, 0.29) is 19.3 Å². The van der Waals surface area contributed by atoms with E-state index in [1.807, 2.05) is 0 Å². The lowest BCUT2D eigenvalue weighted by Crippen LogP contribution is -2.20. The van der Waals surface area contributed by atoms with Crippen LogP contribution in [0.15, 0.2) is 0 Å². The first-order valence-electron chi connectivity index (χ1n) is 4.11. The summed E-state index contributed by atoms with van der Waals surface area (Å²) in [6, 6.07) is 0. The van der Waals surface area contributed by atoms with Gasteiger partial charge in [-0.25, -0.2) is 0 Å². The summed E-state index contributed by atoms with van der Waals surface area (Å²) in [5, 5.41) is 8.27. The summed E-state index contributed by atoms with van der Waals surface area (Å²) in [5.74, 6) is -2.74. The molecule has 0 aromatic heterocycles. The highest BCUT2D eigenvalue weighted by atomic mass is 32.2. The molecule has 0 amide bonds. The summed E-state index contributed by atoms with van der Waals surface area (Å²) in [6.07, 6.45) is -0.819. The predicted molar refractivity (Wildman–Crippen MR) is 59.0 cm³/mol. The molecular formula is C8H12O5S2. The number of rotatable bonds is 5. The molecule has 86 valence electrons. The third-order valence-corrected chi connectivity index (χ3v) is 1.57. The van der Waals surface area contributed by atoms with Gasteiger partial charge >= 0.3 is 17.9 Å². The zero-order chi connectivity index (χ0) is 12.1. The molecule has 0 rings (SSSR count). The highest BCUT2D eigenvalue weighted by Crippen LogP contribution is 2.23. The molecule has 5 nitrogen and oxygen atoms in total. The molecule has 0 fully saturated rings. The maximum Gasteiger partial charge on any atom is 0.315 e. The molecule has 0 aliphatic heterocycles. The average Bonchev–Trinajstić information content (AvgIpc) is 1.96. The zero-order valence-corrected chi connectivity index (χ0v) is 9.88. The first-order chi connectivity index (χ1) is 6.70. The van der Waals surface area contributed by atoms with Crippen LogP contribution in [-0.2, 0) is 19.1 Å². The van der Waals surface area contributed by atoms with Gasteiger partial charge in [0.1, 0.15) is 0 Å². The molecule has 0 aromatic rings. The monoisotopic (exact) mass is 252 g/mol. The van der Waals surface area contributed by atoms with Gasteiger partial charge in [0.2, 0.25) is 0 Å². The Labute approximate surface area is 98.0 Å². The molecule has 0 bridgehead atoms. The number of hydrogen-bond donors (Lipinski definition) is 3. The van der Waals surface area contributed by atoms with Gasteiger partial charge in [-0.05, 0) is 6.92 Å². The van der Waals surface area contributed by atoms with Gasteiger partial charge in [-0.15, -0.1) is 0 Å². The van der Waals surface area contributed by atoms with E-state index in [9.17, 15) is 14.4 Å². The number of carboxylic acids is 1. The normalized spacial score (nSPS) is 10.9. The van der Waals surface area contributed by atoms with Crippen molar-refractivity contribution in [1.82, 2.24) is 0 Å². The van der Waals surface area contributed by atoms with Crippen LogP contribution in [0.1, 0.15) is 26.2 Å². The van der Waals surface area contributed by atoms with Crippen LogP contribution >= 0.6 is 25.3 Å². The Morgan fingerprint density at radius 3 is 2.13 bits per heavy atom. The minimum Gasteiger partial charge on any atom is -0.481 e. The predicted octanol–water partition coefficient (Wildman–Crippen LogP) is 0.887. The summed E-state index contributed by atoms with van der Waals surface area (Å²) in [5.41, 5.74) is 0. The van der Waals surface area contributed by atoms with Crippen LogP contribution in [0.25, 0.3) is 0 Å². The van der Waals surface area contributed by atoms with Crippen molar-refractivity contribution in [1.29, 1.82) is 0 Å². The van der Waals surface area contributed by atoms with Gasteiger partial charge in [0.25, 0.3) is 0 Å². The molecule has 0 unspecified atom stereocenters. The molecule has 0 aliphatic rings. The quantitative estimate of drug-likeness (QED) is 0.293. The van der Waals surface area contributed by atoms with Crippen molar-refractivity contribution >= 4 is 43.2 Å². The number of ether oxygens (including phenoxy) is 1. The van der Waals surface area contributed by atoms with Crippen LogP contribution in [0, 0.1) is 0 Å². The van der Waals surface area contributed by atoms with Crippen LogP contribution < -0.4 is 0 Å². The van der Waals surface area contributed by atoms with Crippen LogP contribution in [0.4, 0.5) is 0 Å². The second-order valence-corrected chi connectivity index (χ2v) is 5.46. The van der Waals surface area contributed by atoms with Crippen LogP contribution in [0.3, 0.4) is 0 Å². The molecule has 0 heterocycles. The van der Waals surface area contributed by atoms with Crippen LogP contribution in [0.2, 0.25) is 0 Å². The highest BCUT2D eigenvalue weighted by molar-refractivity contribution is 8.00. The number of esters is 2. The Morgan fingerprint density at radius 1 is 1.20 bits per heavy atom. The van der Waals surface area contributed by atoms with Crippen molar-refractivity contribution in [3.05, 3.63) is 0 Å². The maximum absolute atomic E-state index is 11.0. The van der Waals surface area contributed by atoms with Crippen molar-refractivity contribution in [3.8, 4) is 0 Å². The topological polar surface area (TPSA) is 80.7 Å². The SMILES string of the molecule is CC(S)(S)CC(=O)OC(=O)CCC(=O)O. The average molecular weight is 252 g/mol. The lowest BCUT2D eigenvalue weighted by atomic mass is 10.3. The van der Waals surface area contributed by atoms with E-state index in [0.29, 0.717) is 0 Å². The molecule has 0 atom stereocenters. The van der Waals surface area contributed by atoms with E-state index in [0.717, 1.165) is 0 Å². The lowest BCUT2D eigenvalue weighted by molar-refractivity contribution is -0.161. The minimum atomic E-state index is -1.12. The van der Waals surface area contributed by atoms with E-state index < -0.39 is 22.0 Å². The van der Waals surface area contributed by atoms with Crippen molar-refractivity contribution in [2.45, 2.75) is 30.3 Å². The number of carbonyl (C=O) groups excluding carboxylic acids is 2. The summed E-state index contributed by atoms with van der Waals surface area (Å²) < 4.78 is 3.48. The first kappa shape index (κ1) is 14.3. The van der Waals surface area contributed by atoms with E-state index >= 15 is 0 Å². The van der Waals surface area contributed by atoms with Gasteiger partial charge in [-0.2, -0.15) is 25.3 Å². The standard InChI is InChI=1S/C8H12O5S2/c1-8(14,15)4-7(12)13-6(11)3-2-5(9)10/h14-15H,2-4H2,1H3,(H,9,10). The molecule has 0 radical (unpaired) electrons. The van der Waals surface area contributed by atoms with Crippen molar-refractivity contribution in [2.24, 2.45) is 0 Å². The molecule has 0 spiro atoms. The van der Waals surface area contributed by atoms with Gasteiger partial charge in [0, 0.05) is 0 Å². The molecular weight excluding hydrogens is 240 g/mol. The minimum absolute atomic E-state index is 0.141. The molecule has 0 aromatic carbocycles. The van der Waals surface area contributed by atoms with E-state index in [1.54, 1.807) is 6.92 Å². The summed E-state index contributed by atoms with van der Waals surface area (Å²) >= 11 is 7.92. The molecule has 0 saturated carbocycles. The first-order valence-corrected chi connectivity index (χ1v) is 5.00. The Kier molecular flexibility index (Phi) is 5.74. The number of thiol groups is 2. The highest BCUT2D eigenvalue weighted by Gasteiger charge is 2.21. The third kappa shape index (κ3) is 9.61. The molecule has 7 heteroatoms. The van der Waals surface area contributed by atoms with E-state index in [4.69, 9.17) is 5.11 Å². The smallest absolute Gasteiger partial charge is 0.315 e. The van der Waals surface area contributed by atoms with Gasteiger partial charge in [0.15, 0.2) is 0 Å². The molecule has 15 heavy (non-hydrogen) atoms. The second kappa shape index (κ2) is 6.02. The summed E-state index contributed by atoms with van der Waals surface area (Å²) in [6.45, 7) is 1.57. The van der Waals surface area contributed by atoms with Gasteiger partial charge in [-0.3, -0.25) is 14.4 Å². The summed E-state index contributed by atoms with van der Waals surface area (Å²) in [4.78, 5) is 32.0. The summed E-state index contributed by atoms with van der Waals surface area (Å²) in [7, 11) is 0. The largest absolute Gasteiger partial charge is 0.481 e. The Hall–Kier alpha value is -0.690. The Bertz CT molecular complexity index is 269. The second-order valence-electron chi connectivity index (χ2n) is 3.13. The van der Waals surface area contributed by atoms with E-state index in [1.165, 1.54) is 0 Å². The number of carbonyl (C=O) groups is 3. The lowest BCUT2D eigenvalue weighted by Gasteiger charge is -2.13. The fourth-order valence-electron chi connectivity index (χ4n) is 0.697. The number of hydrogen-bond acceptors (Lipinski definition) is 6. The van der Waals surface area contributed by atoms with Crippen LogP contribution in [-0.4, -0.2) is 27.1 Å².